The molecule has 0 spiro atoms. The number of ketones is 1. The van der Waals surface area contributed by atoms with Crippen molar-refractivity contribution in [3.63, 3.8) is 0 Å². The Kier molecular flexibility index (Phi) is 12.4. The summed E-state index contributed by atoms with van der Waals surface area (Å²) in [6, 6.07) is 13.1. The lowest BCUT2D eigenvalue weighted by molar-refractivity contribution is -0.130. The van der Waals surface area contributed by atoms with E-state index in [1.54, 1.807) is 30.5 Å². The number of benzene rings is 2. The third kappa shape index (κ3) is 9.99. The van der Waals surface area contributed by atoms with Crippen LogP contribution in [0.5, 0.6) is 0 Å². The molecule has 0 aliphatic heterocycles. The van der Waals surface area contributed by atoms with Crippen molar-refractivity contribution in [3.05, 3.63) is 84.3 Å². The quantitative estimate of drug-likeness (QED) is 0.0857. The number of hydrogen-bond donors (Lipinski definition) is 5. The highest BCUT2D eigenvalue weighted by molar-refractivity contribution is 6.01. The van der Waals surface area contributed by atoms with Gasteiger partial charge in [0.05, 0.1) is 12.4 Å². The standard InChI is InChI=1S/C33H41N7O6/c1-21(2)16-26(30(42)37-25(13-8-9-15-34)29(41)32-39-24-12-6-7-14-28(24)46-32)38-31(43)27(17-23-18-35-20-36-23)40-33(44)45-19-22-10-4-3-5-11-22/h3-7,10-12,14,18,20-21,25-27H,8-9,13,15-17,19,34H2,1-2H3,(H,35,36)(H,37,42)(H,38,43)(H,40,44)/t25-,26-,27-/m0/s1. The van der Waals surface area contributed by atoms with Crippen molar-refractivity contribution in [2.45, 2.75) is 70.7 Å². The first-order valence-electron chi connectivity index (χ1n) is 15.4. The molecule has 0 bridgehead atoms. The topological polar surface area (TPSA) is 194 Å². The molecular formula is C33H41N7O6. The number of fused-ring (bicyclic) bond motifs is 1. The molecular weight excluding hydrogens is 590 g/mol. The van der Waals surface area contributed by atoms with E-state index in [1.807, 2.05) is 44.2 Å². The van der Waals surface area contributed by atoms with Gasteiger partial charge in [0, 0.05) is 18.3 Å². The van der Waals surface area contributed by atoms with E-state index in [9.17, 15) is 19.2 Å². The van der Waals surface area contributed by atoms with Gasteiger partial charge in [-0.1, -0.05) is 56.3 Å². The molecule has 0 radical (unpaired) electrons. The van der Waals surface area contributed by atoms with Crippen LogP contribution in [0, 0.1) is 5.92 Å². The Labute approximate surface area is 267 Å². The van der Waals surface area contributed by atoms with E-state index in [2.05, 4.69) is 30.9 Å². The summed E-state index contributed by atoms with van der Waals surface area (Å²) >= 11 is 0. The second-order valence-electron chi connectivity index (χ2n) is 11.4. The van der Waals surface area contributed by atoms with Crippen molar-refractivity contribution in [2.24, 2.45) is 11.7 Å². The summed E-state index contributed by atoms with van der Waals surface area (Å²) in [6.07, 6.45) is 4.10. The first kappa shape index (κ1) is 33.8. The minimum atomic E-state index is -1.09. The van der Waals surface area contributed by atoms with E-state index in [4.69, 9.17) is 14.9 Å². The second kappa shape index (κ2) is 16.9. The molecule has 3 amide bonds. The Hall–Kier alpha value is -5.04. The highest BCUT2D eigenvalue weighted by Crippen LogP contribution is 2.18. The van der Waals surface area contributed by atoms with Crippen molar-refractivity contribution in [1.82, 2.24) is 30.9 Å². The molecule has 4 aromatic rings. The minimum absolute atomic E-state index is 0.00864. The number of carbonyl (C=O) groups excluding carboxylic acids is 4. The predicted octanol–water partition coefficient (Wildman–Crippen LogP) is 3.42. The number of H-pyrrole nitrogens is 1. The van der Waals surface area contributed by atoms with E-state index in [0.717, 1.165) is 5.56 Å². The molecule has 0 saturated carbocycles. The number of ether oxygens (including phenoxy) is 1. The van der Waals surface area contributed by atoms with Crippen LogP contribution in [0.15, 0.2) is 71.5 Å². The Balaban J connectivity index is 1.48. The first-order valence-corrected chi connectivity index (χ1v) is 15.4. The molecule has 0 aliphatic carbocycles. The van der Waals surface area contributed by atoms with E-state index in [-0.39, 0.29) is 31.3 Å². The van der Waals surface area contributed by atoms with E-state index < -0.39 is 41.8 Å². The van der Waals surface area contributed by atoms with Gasteiger partial charge in [-0.05, 0) is 55.8 Å². The number of alkyl carbamates (subject to hydrolysis) is 1. The van der Waals surface area contributed by atoms with Crippen LogP contribution < -0.4 is 21.7 Å². The lowest BCUT2D eigenvalue weighted by Gasteiger charge is -2.25. The average molecular weight is 632 g/mol. The molecule has 0 saturated heterocycles. The minimum Gasteiger partial charge on any atom is -0.445 e. The van der Waals surface area contributed by atoms with Gasteiger partial charge in [-0.25, -0.2) is 14.8 Å². The molecule has 0 fully saturated rings. The number of aromatic amines is 1. The van der Waals surface area contributed by atoms with Gasteiger partial charge in [0.25, 0.3) is 5.89 Å². The molecule has 244 valence electrons. The van der Waals surface area contributed by atoms with E-state index in [0.29, 0.717) is 42.6 Å². The van der Waals surface area contributed by atoms with Crippen LogP contribution in [0.2, 0.25) is 0 Å². The smallest absolute Gasteiger partial charge is 0.408 e. The number of aromatic nitrogens is 3. The molecule has 6 N–H and O–H groups in total. The Morgan fingerprint density at radius 3 is 2.33 bits per heavy atom. The van der Waals surface area contributed by atoms with Crippen molar-refractivity contribution in [2.75, 3.05) is 6.54 Å². The monoisotopic (exact) mass is 631 g/mol. The van der Waals surface area contributed by atoms with Crippen molar-refractivity contribution in [1.29, 1.82) is 0 Å². The van der Waals surface area contributed by atoms with Gasteiger partial charge in [-0.2, -0.15) is 0 Å². The van der Waals surface area contributed by atoms with Crippen molar-refractivity contribution in [3.8, 4) is 0 Å². The molecule has 13 heteroatoms. The van der Waals surface area contributed by atoms with Gasteiger partial charge in [-0.3, -0.25) is 14.4 Å². The number of carbonyl (C=O) groups is 4. The zero-order valence-corrected chi connectivity index (χ0v) is 26.0. The molecule has 4 rings (SSSR count). The van der Waals surface area contributed by atoms with Gasteiger partial charge < -0.3 is 35.8 Å². The number of oxazole rings is 1. The van der Waals surface area contributed by atoms with Crippen LogP contribution in [0.4, 0.5) is 4.79 Å². The summed E-state index contributed by atoms with van der Waals surface area (Å²) in [7, 11) is 0. The number of rotatable bonds is 17. The number of nitrogens with two attached hydrogens (primary N) is 1. The number of unbranched alkanes of at least 4 members (excludes halogenated alkanes) is 1. The van der Waals surface area contributed by atoms with Crippen molar-refractivity contribution < 1.29 is 28.3 Å². The molecule has 0 aliphatic rings. The largest absolute Gasteiger partial charge is 0.445 e. The Morgan fingerprint density at radius 2 is 1.63 bits per heavy atom. The molecule has 2 heterocycles. The Morgan fingerprint density at radius 1 is 0.913 bits per heavy atom. The number of nitrogens with one attached hydrogen (secondary N) is 4. The summed E-state index contributed by atoms with van der Waals surface area (Å²) in [5, 5.41) is 8.22. The maximum Gasteiger partial charge on any atom is 0.408 e. The summed E-state index contributed by atoms with van der Waals surface area (Å²) < 4.78 is 11.0. The fourth-order valence-electron chi connectivity index (χ4n) is 4.87. The molecule has 13 nitrogen and oxygen atoms in total. The van der Waals surface area contributed by atoms with Crippen LogP contribution in [0.1, 0.15) is 61.5 Å². The fourth-order valence-corrected chi connectivity index (χ4v) is 4.87. The third-order valence-corrected chi connectivity index (χ3v) is 7.22. The number of nitrogens with zero attached hydrogens (tertiary/aromatic N) is 2. The van der Waals surface area contributed by atoms with Gasteiger partial charge in [-0.15, -0.1) is 0 Å². The predicted molar refractivity (Wildman–Crippen MR) is 170 cm³/mol. The highest BCUT2D eigenvalue weighted by Gasteiger charge is 2.32. The first-order chi connectivity index (χ1) is 22.2. The SMILES string of the molecule is CC(C)C[C@H](NC(=O)[C@H](Cc1cnc[nH]1)NC(=O)OCc1ccccc1)C(=O)N[C@@H](CCCCN)C(=O)c1nc2ccccc2o1. The second-order valence-corrected chi connectivity index (χ2v) is 11.4. The van der Waals surface area contributed by atoms with E-state index >= 15 is 0 Å². The van der Waals surface area contributed by atoms with Gasteiger partial charge in [0.1, 0.15) is 24.2 Å². The summed E-state index contributed by atoms with van der Waals surface area (Å²) in [4.78, 5) is 64.8. The Bertz CT molecular complexity index is 1540. The van der Waals surface area contributed by atoms with Gasteiger partial charge >= 0.3 is 6.09 Å². The third-order valence-electron chi connectivity index (χ3n) is 7.22. The van der Waals surface area contributed by atoms with Gasteiger partial charge in [0.15, 0.2) is 5.58 Å². The molecule has 2 aromatic carbocycles. The number of imidazole rings is 1. The average Bonchev–Trinajstić information content (AvgIpc) is 3.73. The number of Topliss-reactive ketones (excluding diaryl/α,β-unsaturated/α-hetero) is 1. The summed E-state index contributed by atoms with van der Waals surface area (Å²) in [5.41, 5.74) is 8.04. The number of hydrogen-bond acceptors (Lipinski definition) is 9. The zero-order valence-electron chi connectivity index (χ0n) is 26.0. The molecule has 46 heavy (non-hydrogen) atoms. The highest BCUT2D eigenvalue weighted by atomic mass is 16.5. The van der Waals surface area contributed by atoms with Gasteiger partial charge in [0.2, 0.25) is 17.6 Å². The molecule has 0 unspecified atom stereocenters. The summed E-state index contributed by atoms with van der Waals surface area (Å²) in [5.74, 6) is -1.72. The fraction of sp³-hybridized carbons (Fsp3) is 0.394. The number of amides is 3. The van der Waals surface area contributed by atoms with Crippen LogP contribution in [-0.4, -0.2) is 63.3 Å². The summed E-state index contributed by atoms with van der Waals surface area (Å²) in [6.45, 7) is 4.28. The van der Waals surface area contributed by atoms with Crippen LogP contribution in [0.3, 0.4) is 0 Å². The normalized spacial score (nSPS) is 13.1. The molecule has 2 aromatic heterocycles. The zero-order chi connectivity index (χ0) is 32.9. The number of para-hydroxylation sites is 2. The van der Waals surface area contributed by atoms with Crippen LogP contribution in [-0.2, 0) is 27.4 Å². The maximum absolute atomic E-state index is 13.7. The van der Waals surface area contributed by atoms with Crippen molar-refractivity contribution >= 4 is 34.8 Å². The lowest BCUT2D eigenvalue weighted by atomic mass is 10.00. The lowest BCUT2D eigenvalue weighted by Crippen LogP contribution is -2.56. The van der Waals surface area contributed by atoms with Crippen LogP contribution >= 0.6 is 0 Å². The van der Waals surface area contributed by atoms with E-state index in [1.165, 1.54) is 6.33 Å². The van der Waals surface area contributed by atoms with Crippen LogP contribution in [0.25, 0.3) is 11.1 Å². The molecule has 3 atom stereocenters. The maximum atomic E-state index is 13.7.